The van der Waals surface area contributed by atoms with E-state index in [2.05, 4.69) is 23.9 Å². The molecule has 1 atom stereocenters. The quantitative estimate of drug-likeness (QED) is 0.567. The number of benzene rings is 1. The number of amides is 1. The first-order chi connectivity index (χ1) is 12.1. The first kappa shape index (κ1) is 23.7. The topological polar surface area (TPSA) is 111 Å². The molecule has 1 aromatic carbocycles. The summed E-state index contributed by atoms with van der Waals surface area (Å²) in [6.45, 7) is 6.30. The molecule has 1 aliphatic carbocycles. The lowest BCUT2D eigenvalue weighted by atomic mass is 9.90. The molecule has 4 N–H and O–H groups in total. The van der Waals surface area contributed by atoms with Crippen LogP contribution in [-0.2, 0) is 10.0 Å². The summed E-state index contributed by atoms with van der Waals surface area (Å²) in [7, 11) is -2.34. The molecule has 154 valence electrons. The maximum atomic E-state index is 12.7. The number of carbonyl (C=O) groups is 1. The number of nitrogens with one attached hydrogen (secondary N) is 2. The van der Waals surface area contributed by atoms with Gasteiger partial charge in [0, 0.05) is 23.7 Å². The predicted octanol–water partition coefficient (Wildman–Crippen LogP) is 2.05. The monoisotopic (exact) mass is 419 g/mol. The van der Waals surface area contributed by atoms with E-state index < -0.39 is 15.6 Å². The van der Waals surface area contributed by atoms with E-state index in [9.17, 15) is 13.2 Å². The zero-order valence-electron chi connectivity index (χ0n) is 16.2. The summed E-state index contributed by atoms with van der Waals surface area (Å²) in [5.74, 6) is 0.209. The van der Waals surface area contributed by atoms with Crippen molar-refractivity contribution in [1.29, 1.82) is 0 Å². The van der Waals surface area contributed by atoms with Crippen LogP contribution in [0.3, 0.4) is 0 Å². The molecule has 1 aliphatic rings. The van der Waals surface area contributed by atoms with Gasteiger partial charge in [-0.1, -0.05) is 13.8 Å². The summed E-state index contributed by atoms with van der Waals surface area (Å²) >= 11 is 0. The highest BCUT2D eigenvalue weighted by molar-refractivity contribution is 7.89. The predicted molar refractivity (Wildman–Crippen MR) is 108 cm³/mol. The zero-order valence-corrected chi connectivity index (χ0v) is 17.9. The molecule has 0 aliphatic heterocycles. The van der Waals surface area contributed by atoms with E-state index in [0.29, 0.717) is 12.5 Å². The number of hydrogen-bond acceptors (Lipinski definition) is 5. The van der Waals surface area contributed by atoms with Crippen LogP contribution < -0.4 is 20.5 Å². The molecule has 1 saturated carbocycles. The van der Waals surface area contributed by atoms with Gasteiger partial charge in [0.2, 0.25) is 10.0 Å². The molecule has 0 bridgehead atoms. The SMILES string of the molecule is COc1ccc(C(=O)NC(C)(CN)CC(C)C)cc1S(=O)(=O)NC1CC1.Cl. The summed E-state index contributed by atoms with van der Waals surface area (Å²) in [5, 5.41) is 2.94. The minimum Gasteiger partial charge on any atom is -0.495 e. The fourth-order valence-corrected chi connectivity index (χ4v) is 4.44. The van der Waals surface area contributed by atoms with Gasteiger partial charge in [0.1, 0.15) is 10.6 Å². The van der Waals surface area contributed by atoms with Crippen molar-refractivity contribution in [1.82, 2.24) is 10.0 Å². The molecule has 1 fully saturated rings. The third-order valence-corrected chi connectivity index (χ3v) is 5.88. The van der Waals surface area contributed by atoms with Gasteiger partial charge in [0.05, 0.1) is 7.11 Å². The smallest absolute Gasteiger partial charge is 0.251 e. The van der Waals surface area contributed by atoms with Crippen LogP contribution in [0.25, 0.3) is 0 Å². The Balaban J connectivity index is 0.00000364. The maximum absolute atomic E-state index is 12.7. The number of carbonyl (C=O) groups excluding carboxylic acids is 1. The number of hydrogen-bond donors (Lipinski definition) is 3. The van der Waals surface area contributed by atoms with Crippen molar-refractivity contribution in [3.05, 3.63) is 23.8 Å². The third kappa shape index (κ3) is 6.34. The number of methoxy groups -OCH3 is 1. The fourth-order valence-electron chi connectivity index (χ4n) is 2.94. The molecular weight excluding hydrogens is 390 g/mol. The molecule has 0 saturated heterocycles. The van der Waals surface area contributed by atoms with Crippen molar-refractivity contribution in [2.75, 3.05) is 13.7 Å². The van der Waals surface area contributed by atoms with Crippen molar-refractivity contribution in [3.8, 4) is 5.75 Å². The van der Waals surface area contributed by atoms with Gasteiger partial charge in [-0.3, -0.25) is 4.79 Å². The summed E-state index contributed by atoms with van der Waals surface area (Å²) in [6, 6.07) is 4.37. The highest BCUT2D eigenvalue weighted by Gasteiger charge is 2.31. The van der Waals surface area contributed by atoms with E-state index in [-0.39, 0.29) is 40.6 Å². The molecule has 1 amide bonds. The Morgan fingerprint density at radius 1 is 1.37 bits per heavy atom. The van der Waals surface area contributed by atoms with E-state index in [0.717, 1.165) is 19.3 Å². The molecular formula is C18H30ClN3O4S. The summed E-state index contributed by atoms with van der Waals surface area (Å²) in [6.07, 6.45) is 2.37. The van der Waals surface area contributed by atoms with Gasteiger partial charge < -0.3 is 15.8 Å². The van der Waals surface area contributed by atoms with Gasteiger partial charge in [-0.2, -0.15) is 0 Å². The molecule has 0 heterocycles. The van der Waals surface area contributed by atoms with Gasteiger partial charge in [0.15, 0.2) is 0 Å². The van der Waals surface area contributed by atoms with Crippen LogP contribution in [0.15, 0.2) is 23.1 Å². The Morgan fingerprint density at radius 3 is 2.48 bits per heavy atom. The van der Waals surface area contributed by atoms with Gasteiger partial charge in [0.25, 0.3) is 5.91 Å². The molecule has 9 heteroatoms. The van der Waals surface area contributed by atoms with Crippen LogP contribution >= 0.6 is 12.4 Å². The minimum atomic E-state index is -3.74. The van der Waals surface area contributed by atoms with Gasteiger partial charge >= 0.3 is 0 Å². The second-order valence-corrected chi connectivity index (χ2v) is 9.26. The number of rotatable bonds is 9. The van der Waals surface area contributed by atoms with E-state index >= 15 is 0 Å². The average molecular weight is 420 g/mol. The standard InChI is InChI=1S/C18H29N3O4S.ClH/c1-12(2)10-18(3,11-19)20-17(22)13-5-8-15(25-4)16(9-13)26(23,24)21-14-6-7-14;/h5,8-9,12,14,21H,6-7,10-11,19H2,1-4H3,(H,20,22);1H. The summed E-state index contributed by atoms with van der Waals surface area (Å²) in [5.41, 5.74) is 5.54. The Labute approximate surface area is 167 Å². The Bertz CT molecular complexity index is 766. The number of halogens is 1. The molecule has 1 aromatic rings. The molecule has 0 spiro atoms. The zero-order chi connectivity index (χ0) is 19.5. The maximum Gasteiger partial charge on any atom is 0.251 e. The number of sulfonamides is 1. The minimum absolute atomic E-state index is 0. The van der Waals surface area contributed by atoms with E-state index in [4.69, 9.17) is 10.5 Å². The van der Waals surface area contributed by atoms with Crippen LogP contribution in [-0.4, -0.2) is 39.6 Å². The van der Waals surface area contributed by atoms with Crippen LogP contribution in [0.5, 0.6) is 5.75 Å². The average Bonchev–Trinajstić information content (AvgIpc) is 3.36. The Hall–Kier alpha value is -1.35. The number of nitrogens with two attached hydrogens (primary N) is 1. The van der Waals surface area contributed by atoms with Crippen LogP contribution in [0.1, 0.15) is 50.4 Å². The van der Waals surface area contributed by atoms with Gasteiger partial charge in [-0.05, 0) is 50.3 Å². The van der Waals surface area contributed by atoms with Crippen molar-refractivity contribution in [2.45, 2.75) is 56.5 Å². The summed E-state index contributed by atoms with van der Waals surface area (Å²) < 4.78 is 32.9. The molecule has 1 unspecified atom stereocenters. The second-order valence-electron chi connectivity index (χ2n) is 7.58. The molecule has 2 rings (SSSR count). The first-order valence-electron chi connectivity index (χ1n) is 8.83. The lowest BCUT2D eigenvalue weighted by Crippen LogP contribution is -2.52. The van der Waals surface area contributed by atoms with E-state index in [1.807, 2.05) is 6.92 Å². The highest BCUT2D eigenvalue weighted by Crippen LogP contribution is 2.28. The van der Waals surface area contributed by atoms with Crippen molar-refractivity contribution < 1.29 is 17.9 Å². The molecule has 27 heavy (non-hydrogen) atoms. The second kappa shape index (κ2) is 9.23. The molecule has 0 radical (unpaired) electrons. The van der Waals surface area contributed by atoms with Crippen LogP contribution in [0, 0.1) is 5.92 Å². The highest BCUT2D eigenvalue weighted by atomic mass is 35.5. The Kier molecular flexibility index (Phi) is 8.10. The van der Waals surface area contributed by atoms with Crippen LogP contribution in [0.4, 0.5) is 0 Å². The lowest BCUT2D eigenvalue weighted by Gasteiger charge is -2.31. The third-order valence-electron chi connectivity index (χ3n) is 4.34. The largest absolute Gasteiger partial charge is 0.495 e. The molecule has 7 nitrogen and oxygen atoms in total. The first-order valence-corrected chi connectivity index (χ1v) is 10.3. The van der Waals surface area contributed by atoms with Crippen molar-refractivity contribution in [3.63, 3.8) is 0 Å². The van der Waals surface area contributed by atoms with Crippen molar-refractivity contribution in [2.24, 2.45) is 11.7 Å². The van der Waals surface area contributed by atoms with E-state index in [1.54, 1.807) is 6.07 Å². The fraction of sp³-hybridized carbons (Fsp3) is 0.611. The van der Waals surface area contributed by atoms with Gasteiger partial charge in [-0.15, -0.1) is 12.4 Å². The van der Waals surface area contributed by atoms with Crippen molar-refractivity contribution >= 4 is 28.3 Å². The number of ether oxygens (including phenoxy) is 1. The van der Waals surface area contributed by atoms with Gasteiger partial charge in [-0.25, -0.2) is 13.1 Å². The summed E-state index contributed by atoms with van der Waals surface area (Å²) in [4.78, 5) is 12.7. The normalized spacial score (nSPS) is 16.4. The van der Waals surface area contributed by atoms with Crippen LogP contribution in [0.2, 0.25) is 0 Å². The molecule has 0 aromatic heterocycles. The Morgan fingerprint density at radius 2 is 2.00 bits per heavy atom. The lowest BCUT2D eigenvalue weighted by molar-refractivity contribution is 0.0898. The van der Waals surface area contributed by atoms with E-state index in [1.165, 1.54) is 19.2 Å².